The van der Waals surface area contributed by atoms with Gasteiger partial charge in [0.1, 0.15) is 37.4 Å². The number of benzene rings is 2. The number of phosphoric ester groups is 1. The summed E-state index contributed by atoms with van der Waals surface area (Å²) in [5, 5.41) is 12.1. The Morgan fingerprint density at radius 1 is 0.769 bits per heavy atom. The van der Waals surface area contributed by atoms with Crippen LogP contribution in [0.15, 0.2) is 36.4 Å². The maximum atomic E-state index is 11.9. The van der Waals surface area contributed by atoms with Crippen molar-refractivity contribution in [3.63, 3.8) is 0 Å². The molecule has 8 nitrogen and oxygen atoms in total. The number of ether oxygens (including phenoxy) is 2. The summed E-state index contributed by atoms with van der Waals surface area (Å²) in [7, 11) is 1.32. The number of unbranched alkanes of at least 4 members (excludes halogenated alkanes) is 9. The Hall–Kier alpha value is -1.67. The summed E-state index contributed by atoms with van der Waals surface area (Å²) in [4.78, 5) is 11.9. The zero-order valence-corrected chi connectivity index (χ0v) is 25.3. The van der Waals surface area contributed by atoms with Gasteiger partial charge in [0, 0.05) is 0 Å². The Morgan fingerprint density at radius 2 is 1.31 bits per heavy atom. The van der Waals surface area contributed by atoms with Crippen LogP contribution in [0, 0.1) is 0 Å². The van der Waals surface area contributed by atoms with Gasteiger partial charge in [0.05, 0.1) is 34.4 Å². The van der Waals surface area contributed by atoms with Crippen LogP contribution in [0.5, 0.6) is 11.5 Å². The Balaban J connectivity index is 1.65. The highest BCUT2D eigenvalue weighted by Gasteiger charge is 2.16. The van der Waals surface area contributed by atoms with Crippen LogP contribution >= 0.6 is 7.82 Å². The molecule has 0 saturated heterocycles. The van der Waals surface area contributed by atoms with Crippen LogP contribution in [0.1, 0.15) is 71.1 Å². The van der Waals surface area contributed by atoms with Gasteiger partial charge in [-0.1, -0.05) is 76.8 Å². The van der Waals surface area contributed by atoms with Gasteiger partial charge in [-0.05, 0) is 41.5 Å². The Labute approximate surface area is 235 Å². The topological polar surface area (TPSA) is 97.3 Å². The molecule has 9 heteroatoms. The number of nitrogens with zero attached hydrogens (tertiary/aromatic N) is 1. The molecule has 2 atom stereocenters. The van der Waals surface area contributed by atoms with Crippen LogP contribution in [0.25, 0.3) is 10.8 Å². The molecule has 2 unspecified atom stereocenters. The van der Waals surface area contributed by atoms with Crippen molar-refractivity contribution in [2.45, 2.75) is 77.2 Å². The van der Waals surface area contributed by atoms with E-state index in [1.165, 1.54) is 57.8 Å². The third-order valence-electron chi connectivity index (χ3n) is 6.43. The van der Waals surface area contributed by atoms with Gasteiger partial charge in [-0.2, -0.15) is 0 Å². The molecule has 0 spiro atoms. The lowest BCUT2D eigenvalue weighted by molar-refractivity contribution is -0.870. The minimum Gasteiger partial charge on any atom is -0.756 e. The fourth-order valence-electron chi connectivity index (χ4n) is 4.04. The molecule has 0 aliphatic heterocycles. The van der Waals surface area contributed by atoms with Crippen LogP contribution in [0.4, 0.5) is 0 Å². The Bertz CT molecular complexity index is 995. The standard InChI is InChI=1S/C30H50NO7P/c1-5-6-7-8-9-10-11-12-13-14-20-35-29-17-15-27-23-30(18-16-26(27)22-29)36-24-28(32)25-38-39(33,34)37-21-19-31(2,3)4/h15-18,22-23,28,32H,5-14,19-21,24-25H2,1-4H3. The third-order valence-corrected chi connectivity index (χ3v) is 7.39. The van der Waals surface area contributed by atoms with Crippen LogP contribution in [-0.4, -0.2) is 69.8 Å². The van der Waals surface area contributed by atoms with E-state index in [0.717, 1.165) is 29.5 Å². The lowest BCUT2D eigenvalue weighted by Gasteiger charge is -2.27. The molecule has 2 rings (SSSR count). The van der Waals surface area contributed by atoms with E-state index >= 15 is 0 Å². The molecule has 1 N–H and O–H groups in total. The largest absolute Gasteiger partial charge is 0.756 e. The summed E-state index contributed by atoms with van der Waals surface area (Å²) in [5.41, 5.74) is 0. The second-order valence-electron chi connectivity index (χ2n) is 11.3. The molecule has 0 radical (unpaired) electrons. The molecular formula is C30H50NO7P. The molecule has 0 amide bonds. The first kappa shape index (κ1) is 33.5. The highest BCUT2D eigenvalue weighted by Crippen LogP contribution is 2.38. The summed E-state index contributed by atoms with van der Waals surface area (Å²) in [6, 6.07) is 11.6. The number of quaternary nitrogens is 1. The number of aliphatic hydroxyl groups is 1. The smallest absolute Gasteiger partial charge is 0.268 e. The Morgan fingerprint density at radius 3 is 1.87 bits per heavy atom. The molecule has 0 aromatic heterocycles. The van der Waals surface area contributed by atoms with Gasteiger partial charge in [0.2, 0.25) is 0 Å². The highest BCUT2D eigenvalue weighted by atomic mass is 31.2. The molecule has 0 aliphatic rings. The third kappa shape index (κ3) is 15.6. The van der Waals surface area contributed by atoms with Crippen molar-refractivity contribution in [1.29, 1.82) is 0 Å². The molecule has 0 heterocycles. The molecule has 2 aromatic carbocycles. The van der Waals surface area contributed by atoms with Crippen molar-refractivity contribution in [3.8, 4) is 11.5 Å². The summed E-state index contributed by atoms with van der Waals surface area (Å²) >= 11 is 0. The maximum Gasteiger partial charge on any atom is 0.268 e. The zero-order chi connectivity index (χ0) is 28.6. The number of aliphatic hydroxyl groups excluding tert-OH is 1. The summed E-state index contributed by atoms with van der Waals surface area (Å²) < 4.78 is 33.6. The molecule has 39 heavy (non-hydrogen) atoms. The number of fused-ring (bicyclic) bond motifs is 1. The summed E-state index contributed by atoms with van der Waals surface area (Å²) in [6.07, 6.45) is 11.9. The van der Waals surface area contributed by atoms with Gasteiger partial charge in [-0.15, -0.1) is 0 Å². The normalized spacial score (nSPS) is 14.3. The van der Waals surface area contributed by atoms with Gasteiger partial charge in [-0.3, -0.25) is 4.57 Å². The summed E-state index contributed by atoms with van der Waals surface area (Å²) in [6.45, 7) is 2.96. The van der Waals surface area contributed by atoms with E-state index in [2.05, 4.69) is 6.92 Å². The zero-order valence-electron chi connectivity index (χ0n) is 24.4. The van der Waals surface area contributed by atoms with Crippen molar-refractivity contribution in [2.75, 3.05) is 54.1 Å². The second-order valence-corrected chi connectivity index (χ2v) is 12.7. The lowest BCUT2D eigenvalue weighted by atomic mass is 10.1. The molecule has 2 aromatic rings. The van der Waals surface area contributed by atoms with Crippen molar-refractivity contribution < 1.29 is 37.6 Å². The fraction of sp³-hybridized carbons (Fsp3) is 0.667. The molecule has 0 bridgehead atoms. The van der Waals surface area contributed by atoms with Crippen molar-refractivity contribution in [3.05, 3.63) is 36.4 Å². The van der Waals surface area contributed by atoms with E-state index in [4.69, 9.17) is 18.5 Å². The first-order chi connectivity index (χ1) is 18.6. The average Bonchev–Trinajstić information content (AvgIpc) is 2.88. The van der Waals surface area contributed by atoms with Gasteiger partial charge in [0.15, 0.2) is 0 Å². The van der Waals surface area contributed by atoms with Gasteiger partial charge in [0.25, 0.3) is 7.82 Å². The number of likely N-dealkylation sites (N-methyl/N-ethyl adjacent to an activating group) is 1. The quantitative estimate of drug-likeness (QED) is 0.105. The molecule has 0 fully saturated rings. The van der Waals surface area contributed by atoms with Crippen molar-refractivity contribution >= 4 is 18.6 Å². The fourth-order valence-corrected chi connectivity index (χ4v) is 4.78. The number of rotatable bonds is 22. The summed E-state index contributed by atoms with van der Waals surface area (Å²) in [5.74, 6) is 1.43. The van der Waals surface area contributed by atoms with Crippen molar-refractivity contribution in [2.24, 2.45) is 0 Å². The monoisotopic (exact) mass is 567 g/mol. The van der Waals surface area contributed by atoms with Gasteiger partial charge >= 0.3 is 0 Å². The van der Waals surface area contributed by atoms with Crippen LogP contribution in [0.3, 0.4) is 0 Å². The predicted molar refractivity (Wildman–Crippen MR) is 155 cm³/mol. The Kier molecular flexibility index (Phi) is 15.4. The first-order valence-electron chi connectivity index (χ1n) is 14.5. The van der Waals surface area contributed by atoms with Gasteiger partial charge in [-0.25, -0.2) is 0 Å². The van der Waals surface area contributed by atoms with E-state index in [1.807, 2.05) is 57.5 Å². The van der Waals surface area contributed by atoms with E-state index < -0.39 is 20.5 Å². The van der Waals surface area contributed by atoms with E-state index in [0.29, 0.717) is 16.8 Å². The minimum absolute atomic E-state index is 0.0139. The van der Waals surface area contributed by atoms with Gasteiger partial charge < -0.3 is 33.0 Å². The van der Waals surface area contributed by atoms with Crippen LogP contribution in [-0.2, 0) is 13.6 Å². The molecule has 0 aliphatic carbocycles. The van der Waals surface area contributed by atoms with E-state index in [1.54, 1.807) is 0 Å². The SMILES string of the molecule is CCCCCCCCCCCCOc1ccc2cc(OCC(O)COP(=O)([O-])OCC[N+](C)(C)C)ccc2c1. The van der Waals surface area contributed by atoms with E-state index in [9.17, 15) is 14.6 Å². The first-order valence-corrected chi connectivity index (χ1v) is 15.9. The van der Waals surface area contributed by atoms with Crippen molar-refractivity contribution in [1.82, 2.24) is 0 Å². The van der Waals surface area contributed by atoms with E-state index in [-0.39, 0.29) is 13.2 Å². The average molecular weight is 568 g/mol. The second kappa shape index (κ2) is 17.9. The number of hydrogen-bond acceptors (Lipinski definition) is 7. The molecular weight excluding hydrogens is 517 g/mol. The number of hydrogen-bond donors (Lipinski definition) is 1. The lowest BCUT2D eigenvalue weighted by Crippen LogP contribution is -2.37. The molecule has 0 saturated carbocycles. The highest BCUT2D eigenvalue weighted by molar-refractivity contribution is 7.45. The van der Waals surface area contributed by atoms with Crippen LogP contribution in [0.2, 0.25) is 0 Å². The predicted octanol–water partition coefficient (Wildman–Crippen LogP) is 6.09. The number of phosphoric acid groups is 1. The minimum atomic E-state index is -4.47. The maximum absolute atomic E-state index is 11.9. The molecule has 222 valence electrons. The van der Waals surface area contributed by atoms with Crippen LogP contribution < -0.4 is 14.4 Å².